The highest BCUT2D eigenvalue weighted by Crippen LogP contribution is 2.48. The molecule has 3 aliphatic rings. The molecule has 3 aromatic rings. The number of anilines is 1. The average molecular weight is 765 g/mol. The predicted octanol–water partition coefficient (Wildman–Crippen LogP) is 7.28. The number of rotatable bonds is 6. The van der Waals surface area contributed by atoms with Gasteiger partial charge in [-0.3, -0.25) is 4.90 Å². The molecule has 0 unspecified atom stereocenters. The highest BCUT2D eigenvalue weighted by Gasteiger charge is 2.54. The second-order valence-electron chi connectivity index (χ2n) is 12.6. The molecule has 0 bridgehead atoms. The zero-order valence-electron chi connectivity index (χ0n) is 25.1. The minimum absolute atomic E-state index is 0.0160. The lowest BCUT2D eigenvalue weighted by Crippen LogP contribution is -2.58. The van der Waals surface area contributed by atoms with E-state index in [0.29, 0.717) is 50.1 Å². The van der Waals surface area contributed by atoms with E-state index in [4.69, 9.17) is 28.9 Å². The number of nitrogens with zero attached hydrogens (tertiary/aromatic N) is 4. The summed E-state index contributed by atoms with van der Waals surface area (Å²) in [7, 11) is 0. The van der Waals surface area contributed by atoms with Gasteiger partial charge in [0.15, 0.2) is 5.75 Å². The van der Waals surface area contributed by atoms with E-state index >= 15 is 0 Å². The first kappa shape index (κ1) is 30.6. The number of piperazine rings is 1. The fourth-order valence-electron chi connectivity index (χ4n) is 5.79. The number of carbonyl (C=O) groups is 1. The van der Waals surface area contributed by atoms with E-state index in [1.807, 2.05) is 50.8 Å². The van der Waals surface area contributed by atoms with E-state index in [1.165, 1.54) is 0 Å². The smallest absolute Gasteiger partial charge is 0.410 e. The molecule has 2 saturated heterocycles. The molecule has 2 aliphatic heterocycles. The van der Waals surface area contributed by atoms with Crippen LogP contribution in [0, 0.1) is 3.57 Å². The zero-order chi connectivity index (χ0) is 30.4. The molecule has 43 heavy (non-hydrogen) atoms. The van der Waals surface area contributed by atoms with Crippen molar-refractivity contribution in [2.24, 2.45) is 0 Å². The second kappa shape index (κ2) is 12.2. The first-order chi connectivity index (χ1) is 20.5. The minimum Gasteiger partial charge on any atom is -0.482 e. The Hall–Kier alpha value is -2.38. The molecule has 1 amide bonds. The Labute approximate surface area is 274 Å². The lowest BCUT2D eigenvalue weighted by molar-refractivity contribution is 0.0105. The Morgan fingerprint density at radius 1 is 1.14 bits per heavy atom. The number of amides is 1. The number of hydrogen-bond acceptors (Lipinski definition) is 8. The maximum atomic E-state index is 13.2. The van der Waals surface area contributed by atoms with Crippen LogP contribution in [-0.2, 0) is 9.47 Å². The molecule has 11 heteroatoms. The number of carbonyl (C=O) groups excluding carboxylic acids is 1. The summed E-state index contributed by atoms with van der Waals surface area (Å²) in [6.07, 6.45) is 2.98. The van der Waals surface area contributed by atoms with Crippen LogP contribution in [0.25, 0.3) is 10.9 Å². The molecule has 2 aromatic carbocycles. The average Bonchev–Trinajstić information content (AvgIpc) is 3.74. The summed E-state index contributed by atoms with van der Waals surface area (Å²) in [5.41, 5.74) is 0.967. The number of ether oxygens (including phenoxy) is 4. The third kappa shape index (κ3) is 6.68. The quantitative estimate of drug-likeness (QED) is 0.242. The van der Waals surface area contributed by atoms with Crippen LogP contribution in [0.15, 0.2) is 40.9 Å². The van der Waals surface area contributed by atoms with Gasteiger partial charge in [-0.1, -0.05) is 30.3 Å². The van der Waals surface area contributed by atoms with Gasteiger partial charge in [0.05, 0.1) is 23.2 Å². The van der Waals surface area contributed by atoms with Crippen LogP contribution in [0.2, 0.25) is 0 Å². The van der Waals surface area contributed by atoms with Gasteiger partial charge in [-0.2, -0.15) is 9.97 Å². The number of aromatic nitrogens is 2. The maximum absolute atomic E-state index is 13.2. The molecule has 0 N–H and O–H groups in total. The summed E-state index contributed by atoms with van der Waals surface area (Å²) >= 11 is 6.13. The molecular weight excluding hydrogens is 727 g/mol. The third-order valence-electron chi connectivity index (χ3n) is 8.20. The van der Waals surface area contributed by atoms with E-state index in [2.05, 4.69) is 61.6 Å². The highest BCUT2D eigenvalue weighted by molar-refractivity contribution is 14.1. The van der Waals surface area contributed by atoms with Crippen LogP contribution in [0.3, 0.4) is 0 Å². The van der Waals surface area contributed by atoms with Crippen molar-refractivity contribution in [3.63, 3.8) is 0 Å². The summed E-state index contributed by atoms with van der Waals surface area (Å²) < 4.78 is 26.2. The van der Waals surface area contributed by atoms with Crippen LogP contribution in [0.1, 0.15) is 65.0 Å². The van der Waals surface area contributed by atoms with Gasteiger partial charge in [0.2, 0.25) is 0 Å². The molecule has 1 aromatic heterocycles. The fraction of sp³-hybridized carbons (Fsp3) is 0.531. The van der Waals surface area contributed by atoms with Crippen LogP contribution < -0.4 is 14.4 Å². The molecule has 9 nitrogen and oxygen atoms in total. The van der Waals surface area contributed by atoms with Crippen molar-refractivity contribution in [2.45, 2.75) is 76.7 Å². The molecule has 230 valence electrons. The highest BCUT2D eigenvalue weighted by atomic mass is 127. The summed E-state index contributed by atoms with van der Waals surface area (Å²) in [6, 6.07) is 12.6. The third-order valence-corrected chi connectivity index (χ3v) is 10.6. The molecular formula is C32H38BrIN4O5. The molecule has 0 radical (unpaired) electrons. The SMILES string of the molecule is C[C@H](Oc1c(Br)c(I)cc2c(N3CCN(C(=O)OC(C)(C)C)C4(CC4)C3)nc(OC3CCOCC3)nc12)c1ccccc1. The molecule has 3 fully saturated rings. The summed E-state index contributed by atoms with van der Waals surface area (Å²) in [5.74, 6) is 1.46. The van der Waals surface area contributed by atoms with Gasteiger partial charge in [-0.25, -0.2) is 4.79 Å². The first-order valence-electron chi connectivity index (χ1n) is 14.9. The van der Waals surface area contributed by atoms with Gasteiger partial charge in [0.25, 0.3) is 0 Å². The van der Waals surface area contributed by atoms with Gasteiger partial charge in [-0.15, -0.1) is 0 Å². The molecule has 1 saturated carbocycles. The minimum atomic E-state index is -0.541. The van der Waals surface area contributed by atoms with Crippen molar-refractivity contribution < 1.29 is 23.7 Å². The lowest BCUT2D eigenvalue weighted by Gasteiger charge is -2.43. The van der Waals surface area contributed by atoms with Crippen molar-refractivity contribution in [3.8, 4) is 11.8 Å². The Kier molecular flexibility index (Phi) is 8.69. The predicted molar refractivity (Wildman–Crippen MR) is 177 cm³/mol. The number of benzene rings is 2. The van der Waals surface area contributed by atoms with Crippen molar-refractivity contribution in [1.29, 1.82) is 0 Å². The molecule has 3 heterocycles. The number of fused-ring (bicyclic) bond motifs is 1. The van der Waals surface area contributed by atoms with E-state index in [-0.39, 0.29) is 23.8 Å². The fourth-order valence-corrected chi connectivity index (χ4v) is 6.74. The Morgan fingerprint density at radius 3 is 2.53 bits per heavy atom. The van der Waals surface area contributed by atoms with Crippen LogP contribution in [0.4, 0.5) is 10.6 Å². The molecule has 1 spiro atoms. The normalized spacial score (nSPS) is 19.4. The van der Waals surface area contributed by atoms with Crippen molar-refractivity contribution in [2.75, 3.05) is 37.7 Å². The topological polar surface area (TPSA) is 86.3 Å². The summed E-state index contributed by atoms with van der Waals surface area (Å²) in [5, 5.41) is 0.892. The van der Waals surface area contributed by atoms with E-state index in [1.54, 1.807) is 0 Å². The molecule has 1 atom stereocenters. The van der Waals surface area contributed by atoms with Crippen LogP contribution in [-0.4, -0.2) is 71.1 Å². The Morgan fingerprint density at radius 2 is 1.86 bits per heavy atom. The van der Waals surface area contributed by atoms with Gasteiger partial charge >= 0.3 is 12.1 Å². The zero-order valence-corrected chi connectivity index (χ0v) is 28.8. The van der Waals surface area contributed by atoms with Gasteiger partial charge in [-0.05, 0) is 90.7 Å². The van der Waals surface area contributed by atoms with E-state index in [9.17, 15) is 4.79 Å². The lowest BCUT2D eigenvalue weighted by atomic mass is 10.1. The van der Waals surface area contributed by atoms with Gasteiger partial charge in [0.1, 0.15) is 29.1 Å². The molecule has 6 rings (SSSR count). The maximum Gasteiger partial charge on any atom is 0.410 e. The molecule has 1 aliphatic carbocycles. The van der Waals surface area contributed by atoms with Gasteiger partial charge in [0, 0.05) is 41.4 Å². The first-order valence-corrected chi connectivity index (χ1v) is 16.8. The Bertz CT molecular complexity index is 1490. The van der Waals surface area contributed by atoms with Crippen molar-refractivity contribution >= 4 is 61.3 Å². The standard InChI is InChI=1S/C32H38BrIN4O5/c1-20(21-8-6-5-7-9-21)41-27-25(33)24(34)18-23-26(27)35-29(42-22-10-16-40-17-11-22)36-28(23)37-14-15-38(32(19-37)12-13-32)30(39)43-31(2,3)4/h5-9,18,20,22H,10-17,19H2,1-4H3/t20-/m0/s1. The number of hydrogen-bond donors (Lipinski definition) is 0. The van der Waals surface area contributed by atoms with Gasteiger partial charge < -0.3 is 23.8 Å². The van der Waals surface area contributed by atoms with E-state index in [0.717, 1.165) is 50.5 Å². The summed E-state index contributed by atoms with van der Waals surface area (Å²) in [4.78, 5) is 27.4. The van der Waals surface area contributed by atoms with Crippen molar-refractivity contribution in [3.05, 3.63) is 50.0 Å². The van der Waals surface area contributed by atoms with Crippen LogP contribution in [0.5, 0.6) is 11.8 Å². The summed E-state index contributed by atoms with van der Waals surface area (Å²) in [6.45, 7) is 10.9. The Balaban J connectivity index is 1.39. The van der Waals surface area contributed by atoms with Crippen molar-refractivity contribution in [1.82, 2.24) is 14.9 Å². The number of halogens is 2. The van der Waals surface area contributed by atoms with E-state index < -0.39 is 5.60 Å². The van der Waals surface area contributed by atoms with Crippen LogP contribution >= 0.6 is 38.5 Å². The monoisotopic (exact) mass is 764 g/mol. The second-order valence-corrected chi connectivity index (χ2v) is 14.6. The largest absolute Gasteiger partial charge is 0.482 e.